The molecule has 3 aromatic rings. The zero-order valence-electron chi connectivity index (χ0n) is 22.2. The van der Waals surface area contributed by atoms with Gasteiger partial charge in [0.25, 0.3) is 0 Å². The van der Waals surface area contributed by atoms with Gasteiger partial charge in [0.1, 0.15) is 5.54 Å². The summed E-state index contributed by atoms with van der Waals surface area (Å²) in [7, 11) is -2.95. The van der Waals surface area contributed by atoms with E-state index in [1.54, 1.807) is 0 Å². The second kappa shape index (κ2) is 10.6. The van der Waals surface area contributed by atoms with Crippen LogP contribution in [-0.4, -0.2) is 54.2 Å². The van der Waals surface area contributed by atoms with Crippen LogP contribution in [0.5, 0.6) is 0 Å². The number of hydrogen-bond acceptors (Lipinski definition) is 6. The van der Waals surface area contributed by atoms with E-state index in [0.29, 0.717) is 31.0 Å². The molecule has 1 amide bonds. The summed E-state index contributed by atoms with van der Waals surface area (Å²) in [5, 5.41) is 18.3. The van der Waals surface area contributed by atoms with E-state index < -0.39 is 15.4 Å². The molecule has 1 saturated heterocycles. The second-order valence-electron chi connectivity index (χ2n) is 11.2. The molecule has 0 bridgehead atoms. The molecule has 2 heterocycles. The highest BCUT2D eigenvalue weighted by molar-refractivity contribution is 7.91. The van der Waals surface area contributed by atoms with E-state index in [4.69, 9.17) is 16.7 Å². The molecule has 1 aromatic heterocycles. The number of nitrogens with zero attached hydrogens (tertiary/aromatic N) is 4. The minimum Gasteiger partial charge on any atom is -0.369 e. The average Bonchev–Trinajstić information content (AvgIpc) is 3.59. The predicted molar refractivity (Wildman–Crippen MR) is 155 cm³/mol. The number of amides is 1. The molecule has 40 heavy (non-hydrogen) atoms. The van der Waals surface area contributed by atoms with E-state index in [0.717, 1.165) is 53.9 Å². The molecule has 2 aromatic carbocycles. The molecule has 2 atom stereocenters. The minimum absolute atomic E-state index is 0.0533. The van der Waals surface area contributed by atoms with Gasteiger partial charge in [-0.2, -0.15) is 10.4 Å². The normalized spacial score (nSPS) is 23.2. The van der Waals surface area contributed by atoms with Crippen molar-refractivity contribution in [3.05, 3.63) is 65.4 Å². The van der Waals surface area contributed by atoms with E-state index >= 15 is 0 Å². The number of carbonyl (C=O) groups excluding carboxylic acids is 1. The summed E-state index contributed by atoms with van der Waals surface area (Å²) in [4.78, 5) is 15.6. The van der Waals surface area contributed by atoms with Crippen molar-refractivity contribution >= 4 is 33.0 Å². The number of benzene rings is 2. The molecule has 208 valence electrons. The number of sulfone groups is 1. The van der Waals surface area contributed by atoms with Crippen LogP contribution in [0.25, 0.3) is 16.8 Å². The standard InChI is InChI=1S/C30H32ClN5O3S/c31-22-4-3-5-24(18-22)36-19-27(21-8-10-23(11-9-21)35-14-16-40(38,39)17-15-35)28(34-36)25-6-1-2-7-26(25)29(37)33-30(20-32)12-13-30/h3-5,8-11,18-19,25-26H,1-2,6-7,12-17H2,(H,33,37)/t25-,26-/m1/s1. The fourth-order valence-corrected chi connectivity index (χ4v) is 7.33. The third-order valence-corrected chi connectivity index (χ3v) is 10.3. The minimum atomic E-state index is -2.95. The zero-order chi connectivity index (χ0) is 27.9. The number of rotatable bonds is 6. The molecule has 10 heteroatoms. The highest BCUT2D eigenvalue weighted by Crippen LogP contribution is 2.43. The Morgan fingerprint density at radius 1 is 1.05 bits per heavy atom. The lowest BCUT2D eigenvalue weighted by molar-refractivity contribution is -0.127. The van der Waals surface area contributed by atoms with Crippen molar-refractivity contribution in [1.29, 1.82) is 5.26 Å². The molecule has 8 nitrogen and oxygen atoms in total. The van der Waals surface area contributed by atoms with E-state index in [2.05, 4.69) is 16.3 Å². The lowest BCUT2D eigenvalue weighted by Crippen LogP contribution is -2.42. The van der Waals surface area contributed by atoms with Crippen LogP contribution >= 0.6 is 11.6 Å². The van der Waals surface area contributed by atoms with Gasteiger partial charge in [0.2, 0.25) is 5.91 Å². The summed E-state index contributed by atoms with van der Waals surface area (Å²) in [5.41, 5.74) is 3.94. The highest BCUT2D eigenvalue weighted by atomic mass is 35.5. The van der Waals surface area contributed by atoms with Crippen LogP contribution in [0.4, 0.5) is 5.69 Å². The van der Waals surface area contributed by atoms with Gasteiger partial charge in [-0.25, -0.2) is 13.1 Å². The molecular formula is C30H32ClN5O3S. The molecule has 0 unspecified atom stereocenters. The zero-order valence-corrected chi connectivity index (χ0v) is 23.8. The lowest BCUT2D eigenvalue weighted by Gasteiger charge is -2.31. The van der Waals surface area contributed by atoms with Crippen LogP contribution in [0.15, 0.2) is 54.7 Å². The molecule has 3 fully saturated rings. The summed E-state index contributed by atoms with van der Waals surface area (Å²) in [5.74, 6) is -0.0452. The largest absolute Gasteiger partial charge is 0.369 e. The van der Waals surface area contributed by atoms with Crippen LogP contribution in [0.2, 0.25) is 5.02 Å². The Labute approximate surface area is 239 Å². The Morgan fingerprint density at radius 2 is 1.77 bits per heavy atom. The summed E-state index contributed by atoms with van der Waals surface area (Å²) in [6.45, 7) is 0.978. The topological polar surface area (TPSA) is 108 Å². The number of nitrogens with one attached hydrogen (secondary N) is 1. The molecular weight excluding hydrogens is 546 g/mol. The van der Waals surface area contributed by atoms with Crippen molar-refractivity contribution in [3.8, 4) is 22.9 Å². The first-order valence-corrected chi connectivity index (χ1v) is 16.1. The van der Waals surface area contributed by atoms with Gasteiger partial charge in [0.05, 0.1) is 29.0 Å². The first-order valence-electron chi connectivity index (χ1n) is 13.9. The van der Waals surface area contributed by atoms with Gasteiger partial charge < -0.3 is 10.2 Å². The SMILES string of the molecule is N#CC1(NC(=O)[C@@H]2CCCC[C@H]2c2nn(-c3cccc(Cl)c3)cc2-c2ccc(N3CCS(=O)(=O)CC3)cc2)CC1. The van der Waals surface area contributed by atoms with Crippen LogP contribution in [0, 0.1) is 17.2 Å². The predicted octanol–water partition coefficient (Wildman–Crippen LogP) is 4.87. The van der Waals surface area contributed by atoms with Crippen LogP contribution in [0.3, 0.4) is 0 Å². The van der Waals surface area contributed by atoms with Crippen molar-refractivity contribution in [2.24, 2.45) is 5.92 Å². The lowest BCUT2D eigenvalue weighted by atomic mass is 9.75. The Kier molecular flexibility index (Phi) is 7.09. The van der Waals surface area contributed by atoms with Gasteiger partial charge in [-0.3, -0.25) is 4.79 Å². The van der Waals surface area contributed by atoms with Crippen LogP contribution in [-0.2, 0) is 14.6 Å². The van der Waals surface area contributed by atoms with Gasteiger partial charge >= 0.3 is 0 Å². The first-order chi connectivity index (χ1) is 19.3. The summed E-state index contributed by atoms with van der Waals surface area (Å²) in [6.07, 6.45) is 7.00. The molecule has 3 aliphatic rings. The fourth-order valence-electron chi connectivity index (χ4n) is 5.95. The van der Waals surface area contributed by atoms with E-state index in [9.17, 15) is 18.5 Å². The fraction of sp³-hybridized carbons (Fsp3) is 0.433. The number of anilines is 1. The van der Waals surface area contributed by atoms with Crippen molar-refractivity contribution in [2.45, 2.75) is 50.0 Å². The van der Waals surface area contributed by atoms with E-state index in [-0.39, 0.29) is 29.2 Å². The Morgan fingerprint density at radius 3 is 2.45 bits per heavy atom. The third-order valence-electron chi connectivity index (χ3n) is 8.48. The van der Waals surface area contributed by atoms with E-state index in [1.807, 2.05) is 59.4 Å². The van der Waals surface area contributed by atoms with Crippen molar-refractivity contribution in [3.63, 3.8) is 0 Å². The smallest absolute Gasteiger partial charge is 0.225 e. The molecule has 0 spiro atoms. The van der Waals surface area contributed by atoms with Crippen molar-refractivity contribution in [2.75, 3.05) is 29.5 Å². The molecule has 2 saturated carbocycles. The number of hydrogen-bond donors (Lipinski definition) is 1. The molecule has 6 rings (SSSR count). The highest BCUT2D eigenvalue weighted by Gasteiger charge is 2.47. The maximum atomic E-state index is 13.5. The molecule has 2 aliphatic carbocycles. The molecule has 1 aliphatic heterocycles. The third kappa shape index (κ3) is 5.48. The van der Waals surface area contributed by atoms with Crippen molar-refractivity contribution in [1.82, 2.24) is 15.1 Å². The average molecular weight is 578 g/mol. The monoisotopic (exact) mass is 577 g/mol. The van der Waals surface area contributed by atoms with Gasteiger partial charge in [-0.05, 0) is 61.6 Å². The van der Waals surface area contributed by atoms with Crippen LogP contribution in [0.1, 0.15) is 50.1 Å². The summed E-state index contributed by atoms with van der Waals surface area (Å²) >= 11 is 6.30. The Bertz CT molecular complexity index is 1560. The van der Waals surface area contributed by atoms with Gasteiger partial charge in [0, 0.05) is 47.4 Å². The maximum absolute atomic E-state index is 13.5. The van der Waals surface area contributed by atoms with Crippen LogP contribution < -0.4 is 10.2 Å². The summed E-state index contributed by atoms with van der Waals surface area (Å²) < 4.78 is 25.6. The van der Waals surface area contributed by atoms with Gasteiger partial charge in [-0.15, -0.1) is 0 Å². The number of nitriles is 1. The number of aromatic nitrogens is 2. The number of halogens is 1. The van der Waals surface area contributed by atoms with Gasteiger partial charge in [-0.1, -0.05) is 42.6 Å². The second-order valence-corrected chi connectivity index (χ2v) is 14.0. The first kappa shape index (κ1) is 26.9. The maximum Gasteiger partial charge on any atom is 0.225 e. The Hall–Kier alpha value is -3.35. The quantitative estimate of drug-likeness (QED) is 0.448. The molecule has 1 N–H and O–H groups in total. The Balaban J connectivity index is 1.35. The summed E-state index contributed by atoms with van der Waals surface area (Å²) in [6, 6.07) is 18.0. The van der Waals surface area contributed by atoms with E-state index in [1.165, 1.54) is 0 Å². The number of carbonyl (C=O) groups is 1. The van der Waals surface area contributed by atoms with Crippen molar-refractivity contribution < 1.29 is 13.2 Å². The van der Waals surface area contributed by atoms with Gasteiger partial charge in [0.15, 0.2) is 9.84 Å². The molecule has 0 radical (unpaired) electrons.